The monoisotopic (exact) mass is 369 g/mol. The van der Waals surface area contributed by atoms with Crippen LogP contribution in [0, 0.1) is 0 Å². The third-order valence-electron chi connectivity index (χ3n) is 3.76. The average molecular weight is 369 g/mol. The molecule has 1 N–H and O–H groups in total. The third-order valence-corrected chi connectivity index (χ3v) is 3.76. The van der Waals surface area contributed by atoms with Crippen molar-refractivity contribution in [3.05, 3.63) is 108 Å². The normalized spacial score (nSPS) is 10.9. The van der Waals surface area contributed by atoms with Crippen LogP contribution in [-0.2, 0) is 9.59 Å². The summed E-state index contributed by atoms with van der Waals surface area (Å²) in [4.78, 5) is 24.0. The number of carbonyl (C=O) groups is 2. The Kier molecular flexibility index (Phi) is 6.53. The van der Waals surface area contributed by atoms with Crippen molar-refractivity contribution >= 4 is 29.7 Å². The minimum Gasteiger partial charge on any atom is -0.423 e. The van der Waals surface area contributed by atoms with Gasteiger partial charge in [-0.3, -0.25) is 4.79 Å². The van der Waals surface area contributed by atoms with Gasteiger partial charge in [0.15, 0.2) is 0 Å². The van der Waals surface area contributed by atoms with Crippen LogP contribution in [0.15, 0.2) is 97.1 Å². The lowest BCUT2D eigenvalue weighted by Crippen LogP contribution is -2.08. The summed E-state index contributed by atoms with van der Waals surface area (Å²) in [6, 6.07) is 25.7. The third kappa shape index (κ3) is 6.11. The molecular weight excluding hydrogens is 350 g/mol. The van der Waals surface area contributed by atoms with Gasteiger partial charge in [0.2, 0.25) is 5.91 Å². The van der Waals surface area contributed by atoms with Crippen molar-refractivity contribution in [3.63, 3.8) is 0 Å². The number of esters is 1. The molecule has 0 aliphatic rings. The van der Waals surface area contributed by atoms with Gasteiger partial charge in [0.05, 0.1) is 0 Å². The summed E-state index contributed by atoms with van der Waals surface area (Å²) in [5.74, 6) is -0.403. The summed E-state index contributed by atoms with van der Waals surface area (Å²) in [6.07, 6.45) is 6.23. The zero-order chi connectivity index (χ0) is 19.6. The first-order chi connectivity index (χ1) is 13.7. The average Bonchev–Trinajstić information content (AvgIpc) is 2.72. The standard InChI is InChI=1S/C24H19NO3/c26-23(16-14-19-8-3-1-4-9-19)25-21-12-7-13-22(18-21)28-24(27)17-15-20-10-5-2-6-11-20/h1-18H,(H,25,26)/b16-14+,17-15+. The first-order valence-corrected chi connectivity index (χ1v) is 8.78. The number of hydrogen-bond acceptors (Lipinski definition) is 3. The number of benzene rings is 3. The molecule has 0 fully saturated rings. The lowest BCUT2D eigenvalue weighted by molar-refractivity contribution is -0.128. The number of anilines is 1. The van der Waals surface area contributed by atoms with E-state index in [-0.39, 0.29) is 5.91 Å². The van der Waals surface area contributed by atoms with Gasteiger partial charge >= 0.3 is 5.97 Å². The number of rotatable bonds is 6. The number of ether oxygens (including phenoxy) is 1. The van der Waals surface area contributed by atoms with Gasteiger partial charge in [-0.05, 0) is 35.4 Å². The molecule has 0 atom stereocenters. The second-order valence-electron chi connectivity index (χ2n) is 5.93. The lowest BCUT2D eigenvalue weighted by Gasteiger charge is -2.05. The van der Waals surface area contributed by atoms with E-state index < -0.39 is 5.97 Å². The number of carbonyl (C=O) groups excluding carboxylic acids is 2. The molecule has 3 aromatic carbocycles. The summed E-state index contributed by atoms with van der Waals surface area (Å²) < 4.78 is 5.29. The van der Waals surface area contributed by atoms with Crippen molar-refractivity contribution in [2.24, 2.45) is 0 Å². The van der Waals surface area contributed by atoms with Crippen LogP contribution in [0.5, 0.6) is 5.75 Å². The molecule has 1 amide bonds. The maximum Gasteiger partial charge on any atom is 0.336 e. The Morgan fingerprint density at radius 3 is 1.96 bits per heavy atom. The second-order valence-corrected chi connectivity index (χ2v) is 5.93. The zero-order valence-electron chi connectivity index (χ0n) is 15.1. The SMILES string of the molecule is O=C(/C=C/c1ccccc1)Nc1cccc(OC(=O)/C=C/c2ccccc2)c1. The topological polar surface area (TPSA) is 55.4 Å². The van der Waals surface area contributed by atoms with Crippen molar-refractivity contribution in [1.29, 1.82) is 0 Å². The number of amides is 1. The molecule has 0 radical (unpaired) electrons. The van der Waals surface area contributed by atoms with Gasteiger partial charge < -0.3 is 10.1 Å². The summed E-state index contributed by atoms with van der Waals surface area (Å²) in [5.41, 5.74) is 2.39. The van der Waals surface area contributed by atoms with Crippen molar-refractivity contribution in [2.45, 2.75) is 0 Å². The van der Waals surface area contributed by atoms with Crippen LogP contribution in [0.3, 0.4) is 0 Å². The first-order valence-electron chi connectivity index (χ1n) is 8.78. The van der Waals surface area contributed by atoms with Crippen LogP contribution in [0.1, 0.15) is 11.1 Å². The Morgan fingerprint density at radius 1 is 0.714 bits per heavy atom. The summed E-state index contributed by atoms with van der Waals surface area (Å²) in [5, 5.41) is 2.75. The highest BCUT2D eigenvalue weighted by Crippen LogP contribution is 2.18. The second kappa shape index (κ2) is 9.69. The highest BCUT2D eigenvalue weighted by molar-refractivity contribution is 6.02. The van der Waals surface area contributed by atoms with E-state index in [9.17, 15) is 9.59 Å². The molecule has 0 aromatic heterocycles. The fraction of sp³-hybridized carbons (Fsp3) is 0. The van der Waals surface area contributed by atoms with Crippen LogP contribution < -0.4 is 10.1 Å². The van der Waals surface area contributed by atoms with E-state index in [1.807, 2.05) is 60.7 Å². The summed E-state index contributed by atoms with van der Waals surface area (Å²) >= 11 is 0. The minimum absolute atomic E-state index is 0.267. The molecule has 0 aliphatic carbocycles. The first kappa shape index (κ1) is 18.9. The van der Waals surface area contributed by atoms with Gasteiger partial charge in [-0.25, -0.2) is 4.79 Å². The fourth-order valence-electron chi connectivity index (χ4n) is 2.44. The van der Waals surface area contributed by atoms with E-state index >= 15 is 0 Å². The Morgan fingerprint density at radius 2 is 1.32 bits per heavy atom. The zero-order valence-corrected chi connectivity index (χ0v) is 15.1. The molecule has 0 aliphatic heterocycles. The molecule has 138 valence electrons. The molecule has 0 spiro atoms. The quantitative estimate of drug-likeness (QED) is 0.380. The van der Waals surface area contributed by atoms with E-state index in [0.717, 1.165) is 11.1 Å². The van der Waals surface area contributed by atoms with Crippen molar-refractivity contribution in [3.8, 4) is 5.75 Å². The van der Waals surface area contributed by atoms with E-state index in [1.165, 1.54) is 12.2 Å². The van der Waals surface area contributed by atoms with Crippen LogP contribution in [0.2, 0.25) is 0 Å². The van der Waals surface area contributed by atoms with Crippen LogP contribution >= 0.6 is 0 Å². The highest BCUT2D eigenvalue weighted by Gasteiger charge is 2.04. The number of nitrogens with one attached hydrogen (secondary N) is 1. The van der Waals surface area contributed by atoms with E-state index in [2.05, 4.69) is 5.32 Å². The molecule has 0 saturated carbocycles. The maximum atomic E-state index is 12.1. The van der Waals surface area contributed by atoms with Crippen LogP contribution in [-0.4, -0.2) is 11.9 Å². The van der Waals surface area contributed by atoms with Crippen molar-refractivity contribution in [2.75, 3.05) is 5.32 Å². The summed E-state index contributed by atoms with van der Waals surface area (Å²) in [7, 11) is 0. The van der Waals surface area contributed by atoms with Crippen molar-refractivity contribution < 1.29 is 14.3 Å². The molecule has 4 nitrogen and oxygen atoms in total. The van der Waals surface area contributed by atoms with Gasteiger partial charge in [-0.2, -0.15) is 0 Å². The van der Waals surface area contributed by atoms with Gasteiger partial charge in [-0.15, -0.1) is 0 Å². The van der Waals surface area contributed by atoms with E-state index in [1.54, 1.807) is 36.4 Å². The maximum absolute atomic E-state index is 12.1. The van der Waals surface area contributed by atoms with E-state index in [0.29, 0.717) is 11.4 Å². The molecular formula is C24H19NO3. The Labute approximate surface area is 163 Å². The lowest BCUT2D eigenvalue weighted by atomic mass is 10.2. The summed E-state index contributed by atoms with van der Waals surface area (Å²) in [6.45, 7) is 0. The van der Waals surface area contributed by atoms with Gasteiger partial charge in [0.1, 0.15) is 5.75 Å². The molecule has 3 aromatic rings. The predicted molar refractivity (Wildman–Crippen MR) is 112 cm³/mol. The Bertz CT molecular complexity index is 914. The van der Waals surface area contributed by atoms with Gasteiger partial charge in [-0.1, -0.05) is 66.7 Å². The van der Waals surface area contributed by atoms with Crippen LogP contribution in [0.25, 0.3) is 12.2 Å². The molecule has 0 heterocycles. The minimum atomic E-state index is -0.490. The fourth-order valence-corrected chi connectivity index (χ4v) is 2.44. The molecule has 0 unspecified atom stereocenters. The molecule has 0 saturated heterocycles. The van der Waals surface area contributed by atoms with Crippen LogP contribution in [0.4, 0.5) is 5.69 Å². The Hall–Kier alpha value is -3.92. The predicted octanol–water partition coefficient (Wildman–Crippen LogP) is 4.96. The highest BCUT2D eigenvalue weighted by atomic mass is 16.5. The smallest absolute Gasteiger partial charge is 0.336 e. The Balaban J connectivity index is 1.57. The van der Waals surface area contributed by atoms with Crippen molar-refractivity contribution in [1.82, 2.24) is 0 Å². The largest absolute Gasteiger partial charge is 0.423 e. The number of hydrogen-bond donors (Lipinski definition) is 1. The van der Waals surface area contributed by atoms with Gasteiger partial charge in [0, 0.05) is 23.9 Å². The van der Waals surface area contributed by atoms with Gasteiger partial charge in [0.25, 0.3) is 0 Å². The molecule has 3 rings (SSSR count). The van der Waals surface area contributed by atoms with E-state index in [4.69, 9.17) is 4.74 Å². The molecule has 28 heavy (non-hydrogen) atoms. The molecule has 0 bridgehead atoms. The molecule has 4 heteroatoms.